The minimum atomic E-state index is -0.250. The summed E-state index contributed by atoms with van der Waals surface area (Å²) < 4.78 is 0. The Morgan fingerprint density at radius 3 is 1.64 bits per heavy atom. The first kappa shape index (κ1) is 13.0. The quantitative estimate of drug-likeness (QED) is 0.388. The highest BCUT2D eigenvalue weighted by molar-refractivity contribution is 5.32. The second kappa shape index (κ2) is 12.1. The van der Waals surface area contributed by atoms with Crippen molar-refractivity contribution in [2.24, 2.45) is 5.92 Å². The Morgan fingerprint density at radius 1 is 1.18 bits per heavy atom. The van der Waals surface area contributed by atoms with Gasteiger partial charge in [0.1, 0.15) is 0 Å². The molecule has 0 unspecified atom stereocenters. The molecule has 0 heterocycles. The topological polar surface area (TPSA) is 98.0 Å². The molecule has 0 aromatic rings. The van der Waals surface area contributed by atoms with Crippen LogP contribution in [0.1, 0.15) is 6.42 Å². The molecule has 0 bridgehead atoms. The van der Waals surface area contributed by atoms with Gasteiger partial charge in [0, 0.05) is 25.7 Å². The molecular formula is C6H14O5. The maximum absolute atomic E-state index is 8.39. The molecular weight excluding hydrogens is 152 g/mol. The first-order chi connectivity index (χ1) is 5.26. The van der Waals surface area contributed by atoms with Gasteiger partial charge in [0.15, 0.2) is 0 Å². The summed E-state index contributed by atoms with van der Waals surface area (Å²) in [6, 6.07) is 0. The molecule has 0 amide bonds. The molecule has 0 aromatic heterocycles. The monoisotopic (exact) mass is 166 g/mol. The second-order valence-electron chi connectivity index (χ2n) is 1.85. The largest absolute Gasteiger partial charge is 0.483 e. The van der Waals surface area contributed by atoms with Crippen molar-refractivity contribution >= 4 is 6.47 Å². The maximum atomic E-state index is 8.39. The van der Waals surface area contributed by atoms with Crippen molar-refractivity contribution in [3.63, 3.8) is 0 Å². The number of carboxylic acid groups (broad SMARTS) is 1. The van der Waals surface area contributed by atoms with Crippen LogP contribution in [0.4, 0.5) is 0 Å². The van der Waals surface area contributed by atoms with E-state index in [9.17, 15) is 0 Å². The molecule has 0 aromatic carbocycles. The van der Waals surface area contributed by atoms with Crippen LogP contribution in [0.25, 0.3) is 0 Å². The molecule has 5 heteroatoms. The average Bonchev–Trinajstić information content (AvgIpc) is 2.02. The van der Waals surface area contributed by atoms with E-state index in [0.29, 0.717) is 6.42 Å². The molecule has 0 radical (unpaired) electrons. The van der Waals surface area contributed by atoms with Crippen molar-refractivity contribution in [3.8, 4) is 0 Å². The zero-order valence-corrected chi connectivity index (χ0v) is 6.18. The summed E-state index contributed by atoms with van der Waals surface area (Å²) in [5, 5.41) is 31.9. The van der Waals surface area contributed by atoms with Gasteiger partial charge in [-0.05, 0) is 6.42 Å². The third-order valence-electron chi connectivity index (χ3n) is 1.05. The lowest BCUT2D eigenvalue weighted by Gasteiger charge is -2.06. The summed E-state index contributed by atoms with van der Waals surface area (Å²) in [6.45, 7) is -0.306. The van der Waals surface area contributed by atoms with Crippen molar-refractivity contribution in [3.05, 3.63) is 0 Å². The van der Waals surface area contributed by atoms with Crippen LogP contribution in [0.3, 0.4) is 0 Å². The highest BCUT2D eigenvalue weighted by Crippen LogP contribution is 1.97. The predicted octanol–water partition coefficient (Wildman–Crippen LogP) is -1.33. The zero-order valence-electron chi connectivity index (χ0n) is 6.18. The Bertz CT molecular complexity index is 71.4. The van der Waals surface area contributed by atoms with E-state index in [-0.39, 0.29) is 32.2 Å². The summed E-state index contributed by atoms with van der Waals surface area (Å²) in [6.07, 6.45) is 0.479. The van der Waals surface area contributed by atoms with Crippen molar-refractivity contribution in [1.82, 2.24) is 0 Å². The van der Waals surface area contributed by atoms with Gasteiger partial charge in [0.25, 0.3) is 6.47 Å². The molecule has 5 nitrogen and oxygen atoms in total. The highest BCUT2D eigenvalue weighted by Gasteiger charge is 2.02. The Hall–Kier alpha value is -0.650. The van der Waals surface area contributed by atoms with E-state index in [2.05, 4.69) is 0 Å². The molecule has 0 saturated carbocycles. The number of aliphatic hydroxyl groups excluding tert-OH is 3. The van der Waals surface area contributed by atoms with Crippen LogP contribution in [0.15, 0.2) is 0 Å². The van der Waals surface area contributed by atoms with E-state index in [0.717, 1.165) is 0 Å². The van der Waals surface area contributed by atoms with Gasteiger partial charge in [-0.3, -0.25) is 4.79 Å². The van der Waals surface area contributed by atoms with Crippen LogP contribution in [0, 0.1) is 5.92 Å². The van der Waals surface area contributed by atoms with Crippen molar-refractivity contribution in [2.45, 2.75) is 6.42 Å². The summed E-state index contributed by atoms with van der Waals surface area (Å²) in [5.74, 6) is -0.139. The number of hydrogen-bond donors (Lipinski definition) is 4. The van der Waals surface area contributed by atoms with E-state index in [1.165, 1.54) is 0 Å². The van der Waals surface area contributed by atoms with Gasteiger partial charge in [0.2, 0.25) is 0 Å². The first-order valence-corrected chi connectivity index (χ1v) is 3.17. The number of aliphatic hydroxyl groups is 3. The second-order valence-corrected chi connectivity index (χ2v) is 1.85. The Balaban J connectivity index is 0. The Labute approximate surface area is 64.9 Å². The van der Waals surface area contributed by atoms with E-state index in [4.69, 9.17) is 25.2 Å². The lowest BCUT2D eigenvalue weighted by atomic mass is 10.1. The minimum Gasteiger partial charge on any atom is -0.483 e. The van der Waals surface area contributed by atoms with Gasteiger partial charge in [-0.15, -0.1) is 0 Å². The summed E-state index contributed by atoms with van der Waals surface area (Å²) in [7, 11) is 0. The fraction of sp³-hybridized carbons (Fsp3) is 0.833. The van der Waals surface area contributed by atoms with E-state index in [1.807, 2.05) is 0 Å². The van der Waals surface area contributed by atoms with Gasteiger partial charge in [-0.2, -0.15) is 0 Å². The lowest BCUT2D eigenvalue weighted by Crippen LogP contribution is -2.12. The molecule has 0 rings (SSSR count). The van der Waals surface area contributed by atoms with Gasteiger partial charge in [-0.25, -0.2) is 0 Å². The van der Waals surface area contributed by atoms with Gasteiger partial charge < -0.3 is 20.4 Å². The summed E-state index contributed by atoms with van der Waals surface area (Å²) >= 11 is 0. The zero-order chi connectivity index (χ0) is 9.11. The summed E-state index contributed by atoms with van der Waals surface area (Å²) in [5.41, 5.74) is 0. The van der Waals surface area contributed by atoms with Crippen LogP contribution < -0.4 is 0 Å². The van der Waals surface area contributed by atoms with E-state index in [1.54, 1.807) is 0 Å². The van der Waals surface area contributed by atoms with Gasteiger partial charge in [-0.1, -0.05) is 0 Å². The fourth-order valence-corrected chi connectivity index (χ4v) is 0.423. The standard InChI is InChI=1S/C5H12O3.CH2O2/c6-2-1-5(3-7)4-8;2-1-3/h5-8H,1-4H2;1H,(H,2,3). The molecule has 0 aliphatic heterocycles. The van der Waals surface area contributed by atoms with E-state index < -0.39 is 0 Å². The van der Waals surface area contributed by atoms with Crippen LogP contribution in [-0.2, 0) is 4.79 Å². The molecule has 4 N–H and O–H groups in total. The molecule has 0 saturated heterocycles. The maximum Gasteiger partial charge on any atom is 0.290 e. The van der Waals surface area contributed by atoms with Crippen LogP contribution in [-0.4, -0.2) is 46.7 Å². The molecule has 0 aliphatic rings. The molecule has 68 valence electrons. The first-order valence-electron chi connectivity index (χ1n) is 3.17. The smallest absolute Gasteiger partial charge is 0.290 e. The molecule has 0 aliphatic carbocycles. The lowest BCUT2D eigenvalue weighted by molar-refractivity contribution is -0.122. The highest BCUT2D eigenvalue weighted by atomic mass is 16.3. The molecule has 11 heavy (non-hydrogen) atoms. The SMILES string of the molecule is O=CO.OCCC(CO)CO. The Kier molecular flexibility index (Phi) is 14.2. The third kappa shape index (κ3) is 12.5. The third-order valence-corrected chi connectivity index (χ3v) is 1.05. The number of carbonyl (C=O) groups is 1. The predicted molar refractivity (Wildman–Crippen MR) is 38.1 cm³/mol. The van der Waals surface area contributed by atoms with Crippen molar-refractivity contribution < 1.29 is 25.2 Å². The normalized spacial score (nSPS) is 8.73. The van der Waals surface area contributed by atoms with Gasteiger partial charge in [0.05, 0.1) is 0 Å². The fourth-order valence-electron chi connectivity index (χ4n) is 0.423. The Morgan fingerprint density at radius 2 is 1.55 bits per heavy atom. The van der Waals surface area contributed by atoms with Crippen LogP contribution in [0.5, 0.6) is 0 Å². The van der Waals surface area contributed by atoms with Crippen LogP contribution in [0.2, 0.25) is 0 Å². The molecule has 0 spiro atoms. The minimum absolute atomic E-state index is 0.0335. The van der Waals surface area contributed by atoms with E-state index >= 15 is 0 Å². The average molecular weight is 166 g/mol. The number of hydrogen-bond acceptors (Lipinski definition) is 4. The molecule has 0 fully saturated rings. The van der Waals surface area contributed by atoms with Crippen molar-refractivity contribution in [1.29, 1.82) is 0 Å². The van der Waals surface area contributed by atoms with Crippen LogP contribution >= 0.6 is 0 Å². The van der Waals surface area contributed by atoms with Crippen molar-refractivity contribution in [2.75, 3.05) is 19.8 Å². The summed E-state index contributed by atoms with van der Waals surface area (Å²) in [4.78, 5) is 8.36. The number of rotatable bonds is 4. The molecule has 0 atom stereocenters. The van der Waals surface area contributed by atoms with Gasteiger partial charge >= 0.3 is 0 Å².